The van der Waals surface area contributed by atoms with Gasteiger partial charge in [0.25, 0.3) is 0 Å². The average molecular weight is 907 g/mol. The molecule has 0 fully saturated rings. The first-order valence-corrected chi connectivity index (χ1v) is 18.2. The lowest BCUT2D eigenvalue weighted by atomic mass is 10.1. The molecule has 2 aromatic heterocycles. The van der Waals surface area contributed by atoms with Crippen LogP contribution in [0.5, 0.6) is 34.8 Å². The molecule has 0 amide bonds. The number of phenolic OH excluding ortho intramolecular Hbond substituents is 1. The minimum Gasteiger partial charge on any atom is -0.504 e. The zero-order chi connectivity index (χ0) is 34.6. The second-order valence-electron chi connectivity index (χ2n) is 8.90. The van der Waals surface area contributed by atoms with Gasteiger partial charge in [-0.3, -0.25) is 0 Å². The predicted molar refractivity (Wildman–Crippen MR) is 206 cm³/mol. The highest BCUT2D eigenvalue weighted by molar-refractivity contribution is 9.69. The number of ether oxygens (including phenoxy) is 3. The van der Waals surface area contributed by atoms with E-state index in [1.807, 2.05) is 24.3 Å². The van der Waals surface area contributed by atoms with Crippen molar-refractivity contribution in [1.29, 1.82) is 0 Å². The van der Waals surface area contributed by atoms with E-state index in [2.05, 4.69) is 71.1 Å². The zero-order valence-electron chi connectivity index (χ0n) is 25.3. The maximum absolute atomic E-state index is 9.89. The lowest BCUT2D eigenvalue weighted by Crippen LogP contribution is -1.95. The Morgan fingerprint density at radius 2 is 1.13 bits per heavy atom. The molecule has 8 nitrogen and oxygen atoms in total. The third-order valence-corrected chi connectivity index (χ3v) is 6.07. The number of halogens is 7. The van der Waals surface area contributed by atoms with E-state index in [9.17, 15) is 5.11 Å². The topological polar surface area (TPSA) is 126 Å². The fourth-order valence-corrected chi connectivity index (χ4v) is 3.82. The Morgan fingerprint density at radius 3 is 1.52 bits per heavy atom. The van der Waals surface area contributed by atoms with Gasteiger partial charge in [-0.2, -0.15) is 9.97 Å². The molecule has 46 heavy (non-hydrogen) atoms. The van der Waals surface area contributed by atoms with Gasteiger partial charge in [-0.25, -0.2) is 0 Å². The van der Waals surface area contributed by atoms with Crippen LogP contribution in [0.4, 0.5) is 11.4 Å². The predicted octanol–water partition coefficient (Wildman–Crippen LogP) is 11.4. The second-order valence-corrected chi connectivity index (χ2v) is 16.9. The molecule has 4 rings (SSSR count). The van der Waals surface area contributed by atoms with E-state index in [-0.39, 0.29) is 30.5 Å². The van der Waals surface area contributed by atoms with Crippen LogP contribution < -0.4 is 25.7 Å². The van der Waals surface area contributed by atoms with Crippen LogP contribution in [-0.4, -0.2) is 30.7 Å². The molecule has 4 aromatic rings. The molecule has 0 aliphatic carbocycles. The van der Waals surface area contributed by atoms with E-state index in [0.717, 1.165) is 31.2 Å². The summed E-state index contributed by atoms with van der Waals surface area (Å²) < 4.78 is 16.8. The first kappa shape index (κ1) is 42.2. The monoisotopic (exact) mass is 902 g/mol. The number of nitrogens with two attached hydrogens (primary N) is 2. The fraction of sp³-hybridized carbons (Fsp3) is 0.267. The van der Waals surface area contributed by atoms with Crippen molar-refractivity contribution in [3.05, 3.63) is 82.1 Å². The Balaban J connectivity index is 0.000000383. The van der Waals surface area contributed by atoms with Crippen LogP contribution in [0.1, 0.15) is 37.8 Å². The largest absolute Gasteiger partial charge is 0.504 e. The number of anilines is 2. The van der Waals surface area contributed by atoms with Crippen molar-refractivity contribution >= 4 is 108 Å². The number of hydrogen-bond acceptors (Lipinski definition) is 8. The fourth-order valence-electron chi connectivity index (χ4n) is 3.53. The van der Waals surface area contributed by atoms with Crippen molar-refractivity contribution in [3.8, 4) is 34.8 Å². The summed E-state index contributed by atoms with van der Waals surface area (Å²) in [4.78, 5) is 8.04. The van der Waals surface area contributed by atoms with Gasteiger partial charge in [0, 0.05) is 12.1 Å². The number of phenols is 1. The Morgan fingerprint density at radius 1 is 0.717 bits per heavy atom. The molecule has 0 saturated heterocycles. The first-order valence-electron chi connectivity index (χ1n) is 13.6. The van der Waals surface area contributed by atoms with Crippen LogP contribution in [0, 0.1) is 0 Å². The smallest absolute Gasteiger partial charge is 0.369 e. The molecule has 5 N–H and O–H groups in total. The SMILES string of the molecule is BrB(Br)Br.CCCc1ccc(Oc2ccc(N)c(Cl)n2)c(O)c1.CCCc1ccc(Oc2ccc(N)c(Cl)n2)c(OC)c1.ClCCl. The van der Waals surface area contributed by atoms with E-state index < -0.39 is 0 Å². The molecule has 0 radical (unpaired) electrons. The molecular formula is C30H34BBr3Cl4N4O4. The maximum atomic E-state index is 9.89. The van der Waals surface area contributed by atoms with E-state index >= 15 is 0 Å². The molecular weight excluding hydrogens is 873 g/mol. The van der Waals surface area contributed by atoms with Gasteiger partial charge in [-0.15, -0.1) is 70.5 Å². The molecule has 16 heteroatoms. The summed E-state index contributed by atoms with van der Waals surface area (Å²) in [6.07, 6.45) is 4.02. The number of nitrogens with zero attached hydrogens (tertiary/aromatic N) is 2. The number of aryl methyl sites for hydroxylation is 2. The van der Waals surface area contributed by atoms with Gasteiger partial charge in [0.1, 0.15) is 0 Å². The van der Waals surface area contributed by atoms with Crippen LogP contribution in [0.3, 0.4) is 0 Å². The molecule has 250 valence electrons. The molecule has 0 saturated carbocycles. The van der Waals surface area contributed by atoms with E-state index in [1.165, 1.54) is 5.56 Å². The minimum atomic E-state index is 0.0840. The summed E-state index contributed by atoms with van der Waals surface area (Å²) in [5.74, 6) is 2.36. The highest BCUT2D eigenvalue weighted by atomic mass is 79.9. The van der Waals surface area contributed by atoms with Gasteiger partial charge in [-0.05, 0) is 60.4 Å². The first-order chi connectivity index (χ1) is 21.9. The molecule has 2 aromatic carbocycles. The summed E-state index contributed by atoms with van der Waals surface area (Å²) in [5.41, 5.74) is 14.3. The van der Waals surface area contributed by atoms with Crippen LogP contribution in [0.25, 0.3) is 0 Å². The van der Waals surface area contributed by atoms with Crippen LogP contribution in [-0.2, 0) is 12.8 Å². The number of pyridine rings is 2. The van der Waals surface area contributed by atoms with Crippen molar-refractivity contribution < 1.29 is 19.3 Å². The molecule has 0 aliphatic heterocycles. The lowest BCUT2D eigenvalue weighted by molar-refractivity contribution is 0.373. The summed E-state index contributed by atoms with van der Waals surface area (Å²) >= 11 is 30.5. The number of aromatic nitrogens is 2. The number of hydrogen-bond donors (Lipinski definition) is 3. The number of nitrogen functional groups attached to an aromatic ring is 2. The van der Waals surface area contributed by atoms with E-state index in [0.29, 0.717) is 34.5 Å². The summed E-state index contributed by atoms with van der Waals surface area (Å²) in [5, 5.41) is 10.5. The average Bonchev–Trinajstić information content (AvgIpc) is 3.00. The Kier molecular flexibility index (Phi) is 21.6. The summed E-state index contributed by atoms with van der Waals surface area (Å²) in [7, 11) is 1.61. The molecule has 2 heterocycles. The van der Waals surface area contributed by atoms with Crippen molar-refractivity contribution in [2.75, 3.05) is 23.9 Å². The third-order valence-electron chi connectivity index (χ3n) is 5.46. The molecule has 0 aliphatic rings. The second kappa shape index (κ2) is 23.5. The Hall–Kier alpha value is -1.80. The molecule has 0 spiro atoms. The van der Waals surface area contributed by atoms with E-state index in [1.54, 1.807) is 43.5 Å². The number of rotatable bonds is 9. The number of alkyl halides is 2. The highest BCUT2D eigenvalue weighted by Gasteiger charge is 2.10. The third kappa shape index (κ3) is 16.3. The molecule has 0 atom stereocenters. The van der Waals surface area contributed by atoms with Gasteiger partial charge >= 0.3 is 3.18 Å². The normalized spacial score (nSPS) is 9.78. The van der Waals surface area contributed by atoms with Gasteiger partial charge in [-0.1, -0.05) is 62.0 Å². The number of methoxy groups -OCH3 is 1. The van der Waals surface area contributed by atoms with Gasteiger partial charge in [0.2, 0.25) is 11.8 Å². The van der Waals surface area contributed by atoms with Crippen molar-refractivity contribution in [2.45, 2.75) is 39.5 Å². The van der Waals surface area contributed by atoms with Crippen LogP contribution in [0.2, 0.25) is 10.3 Å². The summed E-state index contributed by atoms with van der Waals surface area (Å²) in [6, 6.07) is 17.7. The maximum Gasteiger partial charge on any atom is 0.369 e. The Bertz CT molecular complexity index is 1490. The number of aromatic hydroxyl groups is 1. The van der Waals surface area contributed by atoms with E-state index in [4.69, 9.17) is 72.1 Å². The lowest BCUT2D eigenvalue weighted by Gasteiger charge is -2.11. The minimum absolute atomic E-state index is 0.0840. The zero-order valence-corrected chi connectivity index (χ0v) is 33.0. The molecule has 0 bridgehead atoms. The van der Waals surface area contributed by atoms with Crippen molar-refractivity contribution in [3.63, 3.8) is 0 Å². The van der Waals surface area contributed by atoms with Crippen LogP contribution in [0.15, 0.2) is 60.7 Å². The van der Waals surface area contributed by atoms with Gasteiger partial charge in [0.15, 0.2) is 33.3 Å². The van der Waals surface area contributed by atoms with Crippen molar-refractivity contribution in [2.24, 2.45) is 0 Å². The van der Waals surface area contributed by atoms with Gasteiger partial charge in [0.05, 0.1) is 23.8 Å². The van der Waals surface area contributed by atoms with Crippen molar-refractivity contribution in [1.82, 2.24) is 9.97 Å². The van der Waals surface area contributed by atoms with Gasteiger partial charge < -0.3 is 30.8 Å². The standard InChI is InChI=1S/C15H17ClN2O2.C14H15ClN2O2.CH2Cl2.BBr3/c1-3-4-10-5-7-12(13(9-10)19-2)20-14-8-6-11(17)15(16)18-14;1-2-3-9-4-6-12(11(18)8-9)19-13-7-5-10(16)14(15)17-13;2-1-3;2-1(3)4/h5-9H,3-4,17H2,1-2H3;4-8,18H,2-3,16H2,1H3;1H2;. The number of benzene rings is 2. The summed E-state index contributed by atoms with van der Waals surface area (Å²) in [6.45, 7) is 4.22. The molecule has 0 unspecified atom stereocenters. The highest BCUT2D eigenvalue weighted by Crippen LogP contribution is 2.34. The Labute approximate surface area is 315 Å². The quantitative estimate of drug-likeness (QED) is 0.0861. The van der Waals surface area contributed by atoms with Crippen LogP contribution >= 0.6 is 93.7 Å².